The number of nitrogens with zero attached hydrogens (tertiary/aromatic N) is 1. The molecule has 2 aromatic carbocycles. The van der Waals surface area contributed by atoms with E-state index in [1.54, 1.807) is 36.5 Å². The Bertz CT molecular complexity index is 723. The monoisotopic (exact) mass is 237 g/mol. The molecule has 0 atom stereocenters. The smallest absolute Gasteiger partial charge is 0.117 e. The number of phenols is 2. The third-order valence-corrected chi connectivity index (χ3v) is 2.85. The van der Waals surface area contributed by atoms with Crippen LogP contribution in [0.15, 0.2) is 54.7 Å². The van der Waals surface area contributed by atoms with Gasteiger partial charge in [-0.3, -0.25) is 4.98 Å². The van der Waals surface area contributed by atoms with Gasteiger partial charge in [0.1, 0.15) is 11.5 Å². The Hall–Kier alpha value is -2.55. The predicted octanol–water partition coefficient (Wildman–Crippen LogP) is 3.31. The SMILES string of the molecule is Oc1cccc(-c2cnc3cc(O)ccc3c2)c1. The molecule has 1 heterocycles. The molecule has 3 heteroatoms. The maximum atomic E-state index is 9.47. The summed E-state index contributed by atoms with van der Waals surface area (Å²) in [5.74, 6) is 0.443. The molecular formula is C15H11NO2. The van der Waals surface area contributed by atoms with Gasteiger partial charge in [0.2, 0.25) is 0 Å². The number of pyridine rings is 1. The molecule has 88 valence electrons. The quantitative estimate of drug-likeness (QED) is 0.682. The third-order valence-electron chi connectivity index (χ3n) is 2.85. The molecule has 18 heavy (non-hydrogen) atoms. The minimum Gasteiger partial charge on any atom is -0.508 e. The van der Waals surface area contributed by atoms with Gasteiger partial charge in [0.25, 0.3) is 0 Å². The lowest BCUT2D eigenvalue weighted by atomic mass is 10.1. The first-order valence-corrected chi connectivity index (χ1v) is 5.60. The van der Waals surface area contributed by atoms with Crippen LogP contribution >= 0.6 is 0 Å². The summed E-state index contributed by atoms with van der Waals surface area (Å²) in [7, 11) is 0. The van der Waals surface area contributed by atoms with Crippen molar-refractivity contribution in [2.75, 3.05) is 0 Å². The summed E-state index contributed by atoms with van der Waals surface area (Å²) in [6.45, 7) is 0. The summed E-state index contributed by atoms with van der Waals surface area (Å²) in [5.41, 5.74) is 2.60. The normalized spacial score (nSPS) is 10.7. The van der Waals surface area contributed by atoms with E-state index in [2.05, 4.69) is 4.98 Å². The largest absolute Gasteiger partial charge is 0.508 e. The molecule has 0 saturated carbocycles. The Morgan fingerprint density at radius 3 is 2.44 bits per heavy atom. The van der Waals surface area contributed by atoms with Crippen molar-refractivity contribution in [3.05, 3.63) is 54.7 Å². The molecule has 0 aliphatic rings. The molecule has 3 aromatic rings. The fraction of sp³-hybridized carbons (Fsp3) is 0. The number of hydrogen-bond donors (Lipinski definition) is 2. The zero-order valence-electron chi connectivity index (χ0n) is 9.54. The Morgan fingerprint density at radius 2 is 1.61 bits per heavy atom. The van der Waals surface area contributed by atoms with Gasteiger partial charge in [-0.25, -0.2) is 0 Å². The minimum absolute atomic E-state index is 0.208. The van der Waals surface area contributed by atoms with Crippen molar-refractivity contribution in [3.63, 3.8) is 0 Å². The lowest BCUT2D eigenvalue weighted by molar-refractivity contribution is 0.475. The van der Waals surface area contributed by atoms with Crippen LogP contribution in [0.2, 0.25) is 0 Å². The van der Waals surface area contributed by atoms with E-state index in [-0.39, 0.29) is 11.5 Å². The summed E-state index contributed by atoms with van der Waals surface area (Å²) >= 11 is 0. The fourth-order valence-corrected chi connectivity index (χ4v) is 1.95. The van der Waals surface area contributed by atoms with Gasteiger partial charge in [0, 0.05) is 23.2 Å². The molecule has 0 spiro atoms. The van der Waals surface area contributed by atoms with Crippen molar-refractivity contribution in [1.29, 1.82) is 0 Å². The average molecular weight is 237 g/mol. The van der Waals surface area contributed by atoms with E-state index in [1.807, 2.05) is 18.2 Å². The van der Waals surface area contributed by atoms with Crippen LogP contribution in [-0.4, -0.2) is 15.2 Å². The molecule has 0 saturated heterocycles. The van der Waals surface area contributed by atoms with Gasteiger partial charge in [0.15, 0.2) is 0 Å². The van der Waals surface area contributed by atoms with E-state index in [9.17, 15) is 10.2 Å². The van der Waals surface area contributed by atoms with Crippen molar-refractivity contribution in [2.45, 2.75) is 0 Å². The Balaban J connectivity index is 2.16. The molecule has 3 rings (SSSR count). The van der Waals surface area contributed by atoms with Crippen molar-refractivity contribution in [2.24, 2.45) is 0 Å². The fourth-order valence-electron chi connectivity index (χ4n) is 1.95. The Morgan fingerprint density at radius 1 is 0.778 bits per heavy atom. The summed E-state index contributed by atoms with van der Waals surface area (Å²) in [4.78, 5) is 4.31. The minimum atomic E-state index is 0.208. The number of aromatic nitrogens is 1. The number of hydrogen-bond acceptors (Lipinski definition) is 3. The highest BCUT2D eigenvalue weighted by Gasteiger charge is 2.02. The molecule has 0 aliphatic carbocycles. The second-order valence-corrected chi connectivity index (χ2v) is 4.15. The van der Waals surface area contributed by atoms with Crippen molar-refractivity contribution in [3.8, 4) is 22.6 Å². The van der Waals surface area contributed by atoms with Crippen LogP contribution < -0.4 is 0 Å². The number of rotatable bonds is 1. The molecule has 0 bridgehead atoms. The summed E-state index contributed by atoms with van der Waals surface area (Å²) in [6.07, 6.45) is 1.73. The number of phenolic OH excluding ortho intramolecular Hbond substituents is 2. The third kappa shape index (κ3) is 1.86. The van der Waals surface area contributed by atoms with Crippen LogP contribution in [0.3, 0.4) is 0 Å². The lowest BCUT2D eigenvalue weighted by Crippen LogP contribution is -1.83. The molecule has 0 fully saturated rings. The molecule has 2 N–H and O–H groups in total. The first-order valence-electron chi connectivity index (χ1n) is 5.60. The zero-order chi connectivity index (χ0) is 12.5. The van der Waals surface area contributed by atoms with Gasteiger partial charge in [-0.2, -0.15) is 0 Å². The van der Waals surface area contributed by atoms with Gasteiger partial charge >= 0.3 is 0 Å². The van der Waals surface area contributed by atoms with Gasteiger partial charge < -0.3 is 10.2 Å². The van der Waals surface area contributed by atoms with E-state index in [1.165, 1.54) is 0 Å². The molecule has 0 unspecified atom stereocenters. The van der Waals surface area contributed by atoms with E-state index in [4.69, 9.17) is 0 Å². The van der Waals surface area contributed by atoms with Gasteiger partial charge in [0.05, 0.1) is 5.52 Å². The first-order chi connectivity index (χ1) is 8.72. The summed E-state index contributed by atoms with van der Waals surface area (Å²) in [5, 5.41) is 19.8. The second-order valence-electron chi connectivity index (χ2n) is 4.15. The number of aromatic hydroxyl groups is 2. The van der Waals surface area contributed by atoms with Crippen LogP contribution in [0.25, 0.3) is 22.0 Å². The molecule has 0 aliphatic heterocycles. The van der Waals surface area contributed by atoms with Crippen molar-refractivity contribution >= 4 is 10.9 Å². The molecule has 0 amide bonds. The van der Waals surface area contributed by atoms with Crippen LogP contribution in [0.1, 0.15) is 0 Å². The van der Waals surface area contributed by atoms with E-state index >= 15 is 0 Å². The highest BCUT2D eigenvalue weighted by atomic mass is 16.3. The second kappa shape index (κ2) is 4.04. The standard InChI is InChI=1S/C15H11NO2/c17-13-3-1-2-10(7-13)12-6-11-4-5-14(18)8-15(11)16-9-12/h1-9,17-18H. The maximum absolute atomic E-state index is 9.47. The topological polar surface area (TPSA) is 53.4 Å². The van der Waals surface area contributed by atoms with E-state index in [0.29, 0.717) is 0 Å². The summed E-state index contributed by atoms with van der Waals surface area (Å²) in [6, 6.07) is 14.1. The van der Waals surface area contributed by atoms with Gasteiger partial charge in [-0.15, -0.1) is 0 Å². The average Bonchev–Trinajstić information content (AvgIpc) is 2.38. The molecular weight excluding hydrogens is 226 g/mol. The maximum Gasteiger partial charge on any atom is 0.117 e. The van der Waals surface area contributed by atoms with Crippen LogP contribution in [0.5, 0.6) is 11.5 Å². The van der Waals surface area contributed by atoms with Crippen LogP contribution in [-0.2, 0) is 0 Å². The predicted molar refractivity (Wildman–Crippen MR) is 70.5 cm³/mol. The number of benzene rings is 2. The van der Waals surface area contributed by atoms with E-state index < -0.39 is 0 Å². The Labute approximate surface area is 104 Å². The molecule has 1 aromatic heterocycles. The number of fused-ring (bicyclic) bond motifs is 1. The van der Waals surface area contributed by atoms with Gasteiger partial charge in [-0.1, -0.05) is 12.1 Å². The van der Waals surface area contributed by atoms with Crippen LogP contribution in [0, 0.1) is 0 Å². The molecule has 0 radical (unpaired) electrons. The van der Waals surface area contributed by atoms with Crippen molar-refractivity contribution < 1.29 is 10.2 Å². The van der Waals surface area contributed by atoms with E-state index in [0.717, 1.165) is 22.0 Å². The lowest BCUT2D eigenvalue weighted by Gasteiger charge is -2.04. The molecule has 3 nitrogen and oxygen atoms in total. The van der Waals surface area contributed by atoms with Crippen molar-refractivity contribution in [1.82, 2.24) is 4.98 Å². The first kappa shape index (κ1) is 10.6. The van der Waals surface area contributed by atoms with Gasteiger partial charge in [-0.05, 0) is 35.9 Å². The van der Waals surface area contributed by atoms with Crippen LogP contribution in [0.4, 0.5) is 0 Å². The highest BCUT2D eigenvalue weighted by molar-refractivity contribution is 5.84. The Kier molecular flexibility index (Phi) is 2.38. The highest BCUT2D eigenvalue weighted by Crippen LogP contribution is 2.26. The summed E-state index contributed by atoms with van der Waals surface area (Å²) < 4.78 is 0. The zero-order valence-corrected chi connectivity index (χ0v) is 9.54.